The van der Waals surface area contributed by atoms with Crippen LogP contribution in [-0.2, 0) is 27.5 Å². The Hall–Kier alpha value is -2.38. The zero-order valence-corrected chi connectivity index (χ0v) is 17.0. The van der Waals surface area contributed by atoms with Gasteiger partial charge < -0.3 is 15.3 Å². The third-order valence-electron chi connectivity index (χ3n) is 5.10. The van der Waals surface area contributed by atoms with Crippen molar-refractivity contribution < 1.29 is 18.3 Å². The van der Waals surface area contributed by atoms with Gasteiger partial charge >= 0.3 is 0 Å². The van der Waals surface area contributed by atoms with Gasteiger partial charge in [-0.05, 0) is 47.7 Å². The number of carbonyl (C=O) groups excluding carboxylic acids is 1. The number of fused-ring (bicyclic) bond motifs is 1. The molecule has 0 saturated heterocycles. The summed E-state index contributed by atoms with van der Waals surface area (Å²) in [5.74, 6) is -0.146. The van der Waals surface area contributed by atoms with Crippen LogP contribution in [0.4, 0.5) is 5.69 Å². The second-order valence-corrected chi connectivity index (χ2v) is 9.31. The van der Waals surface area contributed by atoms with Crippen LogP contribution in [0.1, 0.15) is 29.2 Å². The number of aryl methyl sites for hydroxylation is 1. The van der Waals surface area contributed by atoms with Gasteiger partial charge in [0.1, 0.15) is 0 Å². The van der Waals surface area contributed by atoms with Gasteiger partial charge in [-0.2, -0.15) is 0 Å². The van der Waals surface area contributed by atoms with Gasteiger partial charge in [0.05, 0.1) is 11.0 Å². The predicted molar refractivity (Wildman–Crippen MR) is 109 cm³/mol. The van der Waals surface area contributed by atoms with Crippen LogP contribution in [0.2, 0.25) is 0 Å². The molecule has 0 saturated carbocycles. The predicted octanol–water partition coefficient (Wildman–Crippen LogP) is 1.86. The second-order valence-electron chi connectivity index (χ2n) is 7.30. The van der Waals surface area contributed by atoms with Gasteiger partial charge in [0.25, 0.3) is 0 Å². The van der Waals surface area contributed by atoms with Gasteiger partial charge in [-0.1, -0.05) is 24.3 Å². The molecule has 28 heavy (non-hydrogen) atoms. The lowest BCUT2D eigenvalue weighted by atomic mass is 10.0. The molecule has 1 heterocycles. The van der Waals surface area contributed by atoms with Crippen molar-refractivity contribution >= 4 is 21.4 Å². The molecule has 0 spiro atoms. The summed E-state index contributed by atoms with van der Waals surface area (Å²) in [6, 6.07) is 12.5. The summed E-state index contributed by atoms with van der Waals surface area (Å²) in [7, 11) is -1.16. The van der Waals surface area contributed by atoms with Crippen molar-refractivity contribution in [3.63, 3.8) is 0 Å². The van der Waals surface area contributed by atoms with Crippen LogP contribution < -0.4 is 10.2 Å². The van der Waals surface area contributed by atoms with E-state index in [1.807, 2.05) is 18.2 Å². The molecule has 1 unspecified atom stereocenters. The number of amides is 1. The van der Waals surface area contributed by atoms with E-state index in [0.29, 0.717) is 6.42 Å². The molecule has 0 aliphatic carbocycles. The maximum atomic E-state index is 12.1. The SMILES string of the molecule is CN1CCc2cc(C(O)CNC(=O)CCc3ccc(S(C)(=O)=O)cc3)ccc21. The van der Waals surface area contributed by atoms with Crippen molar-refractivity contribution in [2.75, 3.05) is 31.3 Å². The second kappa shape index (κ2) is 8.32. The van der Waals surface area contributed by atoms with E-state index in [1.165, 1.54) is 17.5 Å². The molecule has 6 nitrogen and oxygen atoms in total. The van der Waals surface area contributed by atoms with Crippen LogP contribution in [-0.4, -0.2) is 45.8 Å². The molecule has 1 atom stereocenters. The van der Waals surface area contributed by atoms with Gasteiger partial charge in [-0.25, -0.2) is 8.42 Å². The van der Waals surface area contributed by atoms with E-state index in [2.05, 4.69) is 17.3 Å². The zero-order valence-electron chi connectivity index (χ0n) is 16.2. The molecule has 7 heteroatoms. The van der Waals surface area contributed by atoms with E-state index in [4.69, 9.17) is 0 Å². The van der Waals surface area contributed by atoms with Gasteiger partial charge in [0, 0.05) is 38.5 Å². The molecule has 0 fully saturated rings. The molecule has 3 rings (SSSR count). The summed E-state index contributed by atoms with van der Waals surface area (Å²) < 4.78 is 22.9. The third kappa shape index (κ3) is 4.91. The minimum absolute atomic E-state index is 0.146. The fraction of sp³-hybridized carbons (Fsp3) is 0.381. The summed E-state index contributed by atoms with van der Waals surface area (Å²) >= 11 is 0. The lowest BCUT2D eigenvalue weighted by Crippen LogP contribution is -2.28. The minimum Gasteiger partial charge on any atom is -0.387 e. The fourth-order valence-corrected chi connectivity index (χ4v) is 4.00. The van der Waals surface area contributed by atoms with Gasteiger partial charge in [-0.15, -0.1) is 0 Å². The van der Waals surface area contributed by atoms with Crippen LogP contribution in [0.5, 0.6) is 0 Å². The Labute approximate surface area is 166 Å². The van der Waals surface area contributed by atoms with Crippen molar-refractivity contribution in [3.8, 4) is 0 Å². The summed E-state index contributed by atoms with van der Waals surface area (Å²) in [5, 5.41) is 13.1. The maximum Gasteiger partial charge on any atom is 0.220 e. The van der Waals surface area contributed by atoms with Crippen molar-refractivity contribution in [2.45, 2.75) is 30.3 Å². The number of anilines is 1. The number of carbonyl (C=O) groups is 1. The standard InChI is InChI=1S/C21H26N2O4S/c1-23-12-11-16-13-17(6-9-19(16)23)20(24)14-22-21(25)10-5-15-3-7-18(8-4-15)28(2,26)27/h3-4,6-9,13,20,24H,5,10-12,14H2,1-2H3,(H,22,25). The third-order valence-corrected chi connectivity index (χ3v) is 6.23. The molecule has 1 aliphatic heterocycles. The number of aliphatic hydroxyl groups excluding tert-OH is 1. The molecule has 0 bridgehead atoms. The van der Waals surface area contributed by atoms with E-state index < -0.39 is 15.9 Å². The van der Waals surface area contributed by atoms with Gasteiger partial charge in [0.15, 0.2) is 9.84 Å². The highest BCUT2D eigenvalue weighted by Gasteiger charge is 2.18. The Bertz CT molecular complexity index is 955. The number of hydrogen-bond acceptors (Lipinski definition) is 5. The lowest BCUT2D eigenvalue weighted by molar-refractivity contribution is -0.121. The lowest BCUT2D eigenvalue weighted by Gasteiger charge is -2.15. The van der Waals surface area contributed by atoms with Crippen molar-refractivity contribution in [2.24, 2.45) is 0 Å². The molecule has 0 aromatic heterocycles. The molecule has 1 amide bonds. The first-order valence-corrected chi connectivity index (χ1v) is 11.2. The summed E-state index contributed by atoms with van der Waals surface area (Å²) in [6.45, 7) is 1.15. The van der Waals surface area contributed by atoms with Crippen molar-refractivity contribution in [3.05, 3.63) is 59.2 Å². The molecule has 150 valence electrons. The molecule has 2 aromatic carbocycles. The monoisotopic (exact) mass is 402 g/mol. The van der Waals surface area contributed by atoms with Gasteiger partial charge in [-0.3, -0.25) is 4.79 Å². The quantitative estimate of drug-likeness (QED) is 0.738. The van der Waals surface area contributed by atoms with Crippen LogP contribution in [0.15, 0.2) is 47.4 Å². The van der Waals surface area contributed by atoms with Crippen molar-refractivity contribution in [1.29, 1.82) is 0 Å². The Balaban J connectivity index is 1.48. The number of sulfone groups is 1. The van der Waals surface area contributed by atoms with E-state index in [9.17, 15) is 18.3 Å². The molecular weight excluding hydrogens is 376 g/mol. The molecule has 2 N–H and O–H groups in total. The largest absolute Gasteiger partial charge is 0.387 e. The minimum atomic E-state index is -3.21. The van der Waals surface area contributed by atoms with Gasteiger partial charge in [0.2, 0.25) is 5.91 Å². The zero-order chi connectivity index (χ0) is 20.3. The number of nitrogens with one attached hydrogen (secondary N) is 1. The van der Waals surface area contributed by atoms with Crippen LogP contribution in [0.3, 0.4) is 0 Å². The van der Waals surface area contributed by atoms with Crippen molar-refractivity contribution in [1.82, 2.24) is 5.32 Å². The van der Waals surface area contributed by atoms with E-state index in [1.54, 1.807) is 24.3 Å². The average molecular weight is 403 g/mol. The molecule has 2 aromatic rings. The highest BCUT2D eigenvalue weighted by molar-refractivity contribution is 7.90. The molecule has 0 radical (unpaired) electrons. The Morgan fingerprint density at radius 3 is 2.61 bits per heavy atom. The topological polar surface area (TPSA) is 86.7 Å². The highest BCUT2D eigenvalue weighted by atomic mass is 32.2. The van der Waals surface area contributed by atoms with E-state index >= 15 is 0 Å². The smallest absolute Gasteiger partial charge is 0.220 e. The molecular formula is C21H26N2O4S. The average Bonchev–Trinajstić information content (AvgIpc) is 3.04. The number of benzene rings is 2. The Morgan fingerprint density at radius 1 is 1.21 bits per heavy atom. The molecule has 1 aliphatic rings. The fourth-order valence-electron chi connectivity index (χ4n) is 3.37. The number of likely N-dealkylation sites (N-methyl/N-ethyl adjacent to an activating group) is 1. The highest BCUT2D eigenvalue weighted by Crippen LogP contribution is 2.29. The summed E-state index contributed by atoms with van der Waals surface area (Å²) in [5.41, 5.74) is 4.13. The Morgan fingerprint density at radius 2 is 1.93 bits per heavy atom. The number of hydrogen-bond donors (Lipinski definition) is 2. The number of rotatable bonds is 7. The maximum absolute atomic E-state index is 12.1. The first-order valence-electron chi connectivity index (χ1n) is 9.32. The summed E-state index contributed by atoms with van der Waals surface area (Å²) in [6.07, 6.45) is 2.18. The van der Waals surface area contributed by atoms with E-state index in [-0.39, 0.29) is 23.8 Å². The normalized spacial score (nSPS) is 14.6. The first-order chi connectivity index (χ1) is 13.2. The number of aliphatic hydroxyl groups is 1. The Kier molecular flexibility index (Phi) is 6.05. The van der Waals surface area contributed by atoms with E-state index in [0.717, 1.165) is 24.1 Å². The first kappa shape index (κ1) is 20.4. The van der Waals surface area contributed by atoms with Crippen LogP contribution >= 0.6 is 0 Å². The van der Waals surface area contributed by atoms with Crippen LogP contribution in [0.25, 0.3) is 0 Å². The van der Waals surface area contributed by atoms with Crippen LogP contribution in [0, 0.1) is 0 Å². The summed E-state index contributed by atoms with van der Waals surface area (Å²) in [4.78, 5) is 14.5. The number of nitrogens with zero attached hydrogens (tertiary/aromatic N) is 1.